The zero-order valence-corrected chi connectivity index (χ0v) is 13.5. The van der Waals surface area contributed by atoms with Gasteiger partial charge in [-0.15, -0.1) is 0 Å². The van der Waals surface area contributed by atoms with Gasteiger partial charge in [-0.05, 0) is 49.6 Å². The second-order valence-corrected chi connectivity index (χ2v) is 5.28. The Morgan fingerprint density at radius 2 is 2.04 bits per heavy atom. The van der Waals surface area contributed by atoms with Crippen LogP contribution in [0.15, 0.2) is 45.9 Å². The van der Waals surface area contributed by atoms with Crippen LogP contribution in [-0.4, -0.2) is 18.7 Å². The quantitative estimate of drug-likeness (QED) is 0.599. The first-order valence-corrected chi connectivity index (χ1v) is 7.77. The molecule has 0 bridgehead atoms. The van der Waals surface area contributed by atoms with Crippen LogP contribution in [0.3, 0.4) is 0 Å². The van der Waals surface area contributed by atoms with Crippen LogP contribution in [-0.2, 0) is 11.2 Å². The van der Waals surface area contributed by atoms with E-state index in [2.05, 4.69) is 17.5 Å². The van der Waals surface area contributed by atoms with E-state index < -0.39 is 0 Å². The molecule has 2 aromatic rings. The highest BCUT2D eigenvalue weighted by molar-refractivity contribution is 5.81. The number of nitrogens with zero attached hydrogens (tertiary/aromatic N) is 1. The molecular weight excluding hydrogens is 292 g/mol. The van der Waals surface area contributed by atoms with Crippen molar-refractivity contribution in [1.82, 2.24) is 5.43 Å². The first-order valence-electron chi connectivity index (χ1n) is 7.77. The molecule has 1 aromatic heterocycles. The van der Waals surface area contributed by atoms with Crippen LogP contribution in [0.5, 0.6) is 5.75 Å². The number of amides is 1. The topological polar surface area (TPSA) is 63.8 Å². The number of hydrogen-bond donors (Lipinski definition) is 1. The average molecular weight is 314 g/mol. The van der Waals surface area contributed by atoms with Crippen LogP contribution in [0.25, 0.3) is 0 Å². The van der Waals surface area contributed by atoms with Crippen LogP contribution >= 0.6 is 0 Å². The molecule has 0 aliphatic heterocycles. The molecule has 0 aliphatic carbocycles. The Balaban J connectivity index is 1.72. The van der Waals surface area contributed by atoms with E-state index in [1.54, 1.807) is 6.07 Å². The fourth-order valence-electron chi connectivity index (χ4n) is 2.01. The summed E-state index contributed by atoms with van der Waals surface area (Å²) in [6, 6.07) is 11.4. The van der Waals surface area contributed by atoms with Crippen LogP contribution in [0.1, 0.15) is 36.8 Å². The third-order valence-electron chi connectivity index (χ3n) is 3.25. The molecule has 1 N–H and O–H groups in total. The predicted octanol–water partition coefficient (Wildman–Crippen LogP) is 3.46. The molecule has 2 rings (SSSR count). The van der Waals surface area contributed by atoms with Gasteiger partial charge in [0, 0.05) is 0 Å². The highest BCUT2D eigenvalue weighted by Gasteiger charge is 2.02. The molecular formula is C18H22N2O3. The molecule has 1 aromatic carbocycles. The summed E-state index contributed by atoms with van der Waals surface area (Å²) < 4.78 is 10.7. The number of carbonyl (C=O) groups is 1. The van der Waals surface area contributed by atoms with Crippen LogP contribution in [0.2, 0.25) is 0 Å². The van der Waals surface area contributed by atoms with Gasteiger partial charge in [0.25, 0.3) is 5.91 Å². The molecule has 1 amide bonds. The predicted molar refractivity (Wildman–Crippen MR) is 89.7 cm³/mol. The SMILES string of the molecule is CCCCc1ccc(OCC(=O)N/N=C\c2ccc(C)o2)cc1. The second-order valence-electron chi connectivity index (χ2n) is 5.28. The lowest BCUT2D eigenvalue weighted by Gasteiger charge is -2.06. The summed E-state index contributed by atoms with van der Waals surface area (Å²) in [5, 5.41) is 3.82. The van der Waals surface area contributed by atoms with E-state index in [-0.39, 0.29) is 12.5 Å². The fraction of sp³-hybridized carbons (Fsp3) is 0.333. The number of aryl methyl sites for hydroxylation is 2. The third-order valence-corrected chi connectivity index (χ3v) is 3.25. The zero-order chi connectivity index (χ0) is 16.5. The van der Waals surface area contributed by atoms with Crippen molar-refractivity contribution in [1.29, 1.82) is 0 Å². The Hall–Kier alpha value is -2.56. The van der Waals surface area contributed by atoms with Crippen molar-refractivity contribution in [2.24, 2.45) is 5.10 Å². The molecule has 5 heteroatoms. The van der Waals surface area contributed by atoms with Gasteiger partial charge in [-0.1, -0.05) is 25.5 Å². The van der Waals surface area contributed by atoms with Gasteiger partial charge in [0.1, 0.15) is 17.3 Å². The summed E-state index contributed by atoms with van der Waals surface area (Å²) in [5.41, 5.74) is 3.68. The summed E-state index contributed by atoms with van der Waals surface area (Å²) >= 11 is 0. The second kappa shape index (κ2) is 8.78. The lowest BCUT2D eigenvalue weighted by Crippen LogP contribution is -2.24. The monoisotopic (exact) mass is 314 g/mol. The number of hydrogen-bond acceptors (Lipinski definition) is 4. The number of unbranched alkanes of at least 4 members (excludes halogenated alkanes) is 1. The Morgan fingerprint density at radius 3 is 2.70 bits per heavy atom. The van der Waals surface area contributed by atoms with Crippen molar-refractivity contribution in [3.05, 3.63) is 53.5 Å². The maximum Gasteiger partial charge on any atom is 0.277 e. The maximum absolute atomic E-state index is 11.6. The summed E-state index contributed by atoms with van der Waals surface area (Å²) in [6.07, 6.45) is 4.87. The molecule has 5 nitrogen and oxygen atoms in total. The van der Waals surface area contributed by atoms with E-state index in [0.717, 1.165) is 12.2 Å². The van der Waals surface area contributed by atoms with Gasteiger partial charge in [-0.2, -0.15) is 5.10 Å². The first kappa shape index (κ1) is 16.8. The first-order chi connectivity index (χ1) is 11.2. The Labute approximate surface area is 136 Å². The molecule has 1 heterocycles. The summed E-state index contributed by atoms with van der Waals surface area (Å²) in [7, 11) is 0. The van der Waals surface area contributed by atoms with Gasteiger partial charge in [-0.25, -0.2) is 5.43 Å². The number of hydrazone groups is 1. The van der Waals surface area contributed by atoms with Crippen LogP contribution in [0.4, 0.5) is 0 Å². The summed E-state index contributed by atoms with van der Waals surface area (Å²) in [6.45, 7) is 3.94. The van der Waals surface area contributed by atoms with E-state index in [4.69, 9.17) is 9.15 Å². The van der Waals surface area contributed by atoms with Gasteiger partial charge in [0.2, 0.25) is 0 Å². The van der Waals surface area contributed by atoms with Crippen molar-refractivity contribution >= 4 is 12.1 Å². The van der Waals surface area contributed by atoms with Crippen molar-refractivity contribution in [3.8, 4) is 5.75 Å². The Morgan fingerprint density at radius 1 is 1.26 bits per heavy atom. The van der Waals surface area contributed by atoms with Gasteiger partial charge < -0.3 is 9.15 Å². The normalized spacial score (nSPS) is 10.9. The van der Waals surface area contributed by atoms with Gasteiger partial charge >= 0.3 is 0 Å². The van der Waals surface area contributed by atoms with E-state index in [9.17, 15) is 4.79 Å². The number of carbonyl (C=O) groups excluding carboxylic acids is 1. The van der Waals surface area contributed by atoms with Crippen molar-refractivity contribution < 1.29 is 13.9 Å². The fourth-order valence-corrected chi connectivity index (χ4v) is 2.01. The van der Waals surface area contributed by atoms with Crippen molar-refractivity contribution in [2.75, 3.05) is 6.61 Å². The Bertz CT molecular complexity index is 645. The van der Waals surface area contributed by atoms with Gasteiger partial charge in [-0.3, -0.25) is 4.79 Å². The molecule has 122 valence electrons. The third kappa shape index (κ3) is 5.98. The molecule has 0 saturated heterocycles. The zero-order valence-electron chi connectivity index (χ0n) is 13.5. The van der Waals surface area contributed by atoms with Crippen LogP contribution in [0, 0.1) is 6.92 Å². The minimum atomic E-state index is -0.320. The van der Waals surface area contributed by atoms with E-state index >= 15 is 0 Å². The number of benzene rings is 1. The van der Waals surface area contributed by atoms with E-state index in [0.29, 0.717) is 11.5 Å². The summed E-state index contributed by atoms with van der Waals surface area (Å²) in [4.78, 5) is 11.6. The number of nitrogens with one attached hydrogen (secondary N) is 1. The molecule has 0 radical (unpaired) electrons. The maximum atomic E-state index is 11.6. The van der Waals surface area contributed by atoms with E-state index in [1.807, 2.05) is 37.3 Å². The molecule has 0 fully saturated rings. The standard InChI is InChI=1S/C18H22N2O3/c1-3-4-5-15-7-10-16(11-8-15)22-13-18(21)20-19-12-17-9-6-14(2)23-17/h6-12H,3-5,13H2,1-2H3,(H,20,21)/b19-12-. The number of furan rings is 1. The Kier molecular flexibility index (Phi) is 6.41. The summed E-state index contributed by atoms with van der Waals surface area (Å²) in [5.74, 6) is 1.74. The molecule has 0 aliphatic rings. The van der Waals surface area contributed by atoms with Crippen LogP contribution < -0.4 is 10.2 Å². The minimum absolute atomic E-state index is 0.0805. The van der Waals surface area contributed by atoms with Gasteiger partial charge in [0.15, 0.2) is 6.61 Å². The highest BCUT2D eigenvalue weighted by Crippen LogP contribution is 2.13. The number of rotatable bonds is 8. The molecule has 0 spiro atoms. The molecule has 0 saturated carbocycles. The van der Waals surface area contributed by atoms with E-state index in [1.165, 1.54) is 24.6 Å². The molecule has 0 unspecified atom stereocenters. The number of ether oxygens (including phenoxy) is 1. The van der Waals surface area contributed by atoms with Crippen molar-refractivity contribution in [2.45, 2.75) is 33.1 Å². The average Bonchev–Trinajstić information content (AvgIpc) is 2.97. The highest BCUT2D eigenvalue weighted by atomic mass is 16.5. The lowest BCUT2D eigenvalue weighted by atomic mass is 10.1. The largest absolute Gasteiger partial charge is 0.484 e. The molecule has 23 heavy (non-hydrogen) atoms. The minimum Gasteiger partial charge on any atom is -0.484 e. The lowest BCUT2D eigenvalue weighted by molar-refractivity contribution is -0.123. The smallest absolute Gasteiger partial charge is 0.277 e. The van der Waals surface area contributed by atoms with Crippen molar-refractivity contribution in [3.63, 3.8) is 0 Å². The van der Waals surface area contributed by atoms with Gasteiger partial charge in [0.05, 0.1) is 6.21 Å². The molecule has 0 atom stereocenters.